The van der Waals surface area contributed by atoms with Crippen LogP contribution in [0.2, 0.25) is 0 Å². The van der Waals surface area contributed by atoms with E-state index in [0.29, 0.717) is 25.2 Å². The Morgan fingerprint density at radius 3 is 2.65 bits per heavy atom. The number of rotatable bonds is 5. The zero-order valence-corrected chi connectivity index (χ0v) is 12.9. The first kappa shape index (κ1) is 15.3. The van der Waals surface area contributed by atoms with Gasteiger partial charge in [-0.2, -0.15) is 0 Å². The third-order valence-corrected chi connectivity index (χ3v) is 4.23. The Labute approximate surface area is 122 Å². The number of hydrogen-bond acceptors (Lipinski definition) is 3. The van der Waals surface area contributed by atoms with E-state index in [2.05, 4.69) is 18.7 Å². The van der Waals surface area contributed by atoms with Gasteiger partial charge in [-0.25, -0.2) is 0 Å². The molecule has 1 saturated heterocycles. The van der Waals surface area contributed by atoms with E-state index in [9.17, 15) is 5.11 Å². The van der Waals surface area contributed by atoms with E-state index < -0.39 is 6.10 Å². The van der Waals surface area contributed by atoms with Gasteiger partial charge in [0.15, 0.2) is 0 Å². The van der Waals surface area contributed by atoms with E-state index in [0.717, 1.165) is 5.75 Å². The highest BCUT2D eigenvalue weighted by atomic mass is 16.5. The third kappa shape index (κ3) is 4.22. The molecule has 1 fully saturated rings. The van der Waals surface area contributed by atoms with Gasteiger partial charge in [-0.15, -0.1) is 0 Å². The molecule has 2 rings (SSSR count). The lowest BCUT2D eigenvalue weighted by atomic mass is 9.97. The lowest BCUT2D eigenvalue weighted by Gasteiger charge is -2.40. The van der Waals surface area contributed by atoms with Crippen molar-refractivity contribution < 1.29 is 9.84 Å². The average Bonchev–Trinajstić information content (AvgIpc) is 2.41. The Bertz CT molecular complexity index is 411. The van der Waals surface area contributed by atoms with Crippen molar-refractivity contribution in [2.45, 2.75) is 58.2 Å². The second-order valence-corrected chi connectivity index (χ2v) is 6.11. The van der Waals surface area contributed by atoms with Crippen LogP contribution in [0.3, 0.4) is 0 Å². The van der Waals surface area contributed by atoms with Gasteiger partial charge in [0.05, 0.1) is 0 Å². The zero-order chi connectivity index (χ0) is 14.5. The summed E-state index contributed by atoms with van der Waals surface area (Å²) < 4.78 is 5.68. The first-order valence-electron chi connectivity index (χ1n) is 7.69. The van der Waals surface area contributed by atoms with E-state index in [1.54, 1.807) is 0 Å². The predicted molar refractivity (Wildman–Crippen MR) is 82.2 cm³/mol. The molecule has 1 aromatic carbocycles. The van der Waals surface area contributed by atoms with Crippen molar-refractivity contribution in [1.82, 2.24) is 4.90 Å². The van der Waals surface area contributed by atoms with Gasteiger partial charge in [0.2, 0.25) is 0 Å². The summed E-state index contributed by atoms with van der Waals surface area (Å²) in [6.07, 6.45) is 3.33. The summed E-state index contributed by atoms with van der Waals surface area (Å²) in [7, 11) is 0. The van der Waals surface area contributed by atoms with Gasteiger partial charge in [0.25, 0.3) is 0 Å². The first-order chi connectivity index (χ1) is 9.56. The summed E-state index contributed by atoms with van der Waals surface area (Å²) in [5.74, 6) is 0.837. The van der Waals surface area contributed by atoms with E-state index in [4.69, 9.17) is 4.74 Å². The summed E-state index contributed by atoms with van der Waals surface area (Å²) >= 11 is 0. The van der Waals surface area contributed by atoms with E-state index >= 15 is 0 Å². The average molecular weight is 277 g/mol. The molecule has 0 unspecified atom stereocenters. The summed E-state index contributed by atoms with van der Waals surface area (Å²) in [4.78, 5) is 2.41. The van der Waals surface area contributed by atoms with Gasteiger partial charge < -0.3 is 9.84 Å². The van der Waals surface area contributed by atoms with Crippen LogP contribution in [0.4, 0.5) is 0 Å². The van der Waals surface area contributed by atoms with Gasteiger partial charge in [-0.1, -0.05) is 18.6 Å². The molecule has 0 aliphatic carbocycles. The Kier molecular flexibility index (Phi) is 5.44. The fourth-order valence-electron chi connectivity index (χ4n) is 3.03. The first-order valence-corrected chi connectivity index (χ1v) is 7.69. The van der Waals surface area contributed by atoms with Crippen LogP contribution in [0.15, 0.2) is 24.3 Å². The van der Waals surface area contributed by atoms with E-state index in [1.165, 1.54) is 24.8 Å². The summed E-state index contributed by atoms with van der Waals surface area (Å²) in [6, 6.07) is 9.08. The molecule has 1 N–H and O–H groups in total. The zero-order valence-electron chi connectivity index (χ0n) is 12.9. The monoisotopic (exact) mass is 277 g/mol. The van der Waals surface area contributed by atoms with Crippen LogP contribution in [0.5, 0.6) is 5.75 Å². The second kappa shape index (κ2) is 7.09. The molecule has 0 saturated carbocycles. The smallest absolute Gasteiger partial charge is 0.119 e. The number of aliphatic hydroxyl groups excluding tert-OH is 1. The highest BCUT2D eigenvalue weighted by molar-refractivity contribution is 5.27. The number of piperidine rings is 1. The third-order valence-electron chi connectivity index (χ3n) is 4.23. The number of ether oxygens (including phenoxy) is 1. The van der Waals surface area contributed by atoms with Crippen LogP contribution in [-0.4, -0.2) is 41.3 Å². The Morgan fingerprint density at radius 2 is 2.00 bits per heavy atom. The number of likely N-dealkylation sites (tertiary alicyclic amines) is 1. The minimum Gasteiger partial charge on any atom is -0.491 e. The van der Waals surface area contributed by atoms with Gasteiger partial charge in [-0.3, -0.25) is 4.90 Å². The molecule has 1 aliphatic rings. The second-order valence-electron chi connectivity index (χ2n) is 6.11. The fourth-order valence-corrected chi connectivity index (χ4v) is 3.03. The molecule has 112 valence electrons. The Balaban J connectivity index is 1.81. The van der Waals surface area contributed by atoms with Crippen LogP contribution in [0.1, 0.15) is 38.7 Å². The largest absolute Gasteiger partial charge is 0.491 e. The molecule has 0 spiro atoms. The molecule has 1 aliphatic heterocycles. The maximum absolute atomic E-state index is 10.2. The molecule has 0 amide bonds. The van der Waals surface area contributed by atoms with E-state index in [-0.39, 0.29) is 0 Å². The van der Waals surface area contributed by atoms with Crippen LogP contribution < -0.4 is 4.74 Å². The maximum atomic E-state index is 10.2. The topological polar surface area (TPSA) is 32.7 Å². The number of benzene rings is 1. The molecular formula is C17H27NO2. The molecule has 1 aromatic rings. The van der Waals surface area contributed by atoms with Crippen molar-refractivity contribution in [2.75, 3.05) is 13.2 Å². The molecular weight excluding hydrogens is 250 g/mol. The molecule has 0 radical (unpaired) electrons. The lowest BCUT2D eigenvalue weighted by Crippen LogP contribution is -2.48. The molecule has 20 heavy (non-hydrogen) atoms. The van der Waals surface area contributed by atoms with Crippen LogP contribution in [-0.2, 0) is 0 Å². The molecule has 0 aromatic heterocycles. The quantitative estimate of drug-likeness (QED) is 0.898. The Hall–Kier alpha value is -1.06. The van der Waals surface area contributed by atoms with Crippen LogP contribution in [0.25, 0.3) is 0 Å². The van der Waals surface area contributed by atoms with Crippen molar-refractivity contribution in [3.63, 3.8) is 0 Å². The van der Waals surface area contributed by atoms with Crippen molar-refractivity contribution in [2.24, 2.45) is 0 Å². The molecule has 0 bridgehead atoms. The molecule has 3 heteroatoms. The van der Waals surface area contributed by atoms with Crippen molar-refractivity contribution in [3.8, 4) is 5.75 Å². The highest BCUT2D eigenvalue weighted by Crippen LogP contribution is 2.22. The van der Waals surface area contributed by atoms with Crippen molar-refractivity contribution in [3.05, 3.63) is 29.8 Å². The predicted octanol–water partition coefficient (Wildman–Crippen LogP) is 3.00. The van der Waals surface area contributed by atoms with E-state index in [1.807, 2.05) is 31.2 Å². The number of aliphatic hydroxyl groups is 1. The van der Waals surface area contributed by atoms with Gasteiger partial charge >= 0.3 is 0 Å². The maximum Gasteiger partial charge on any atom is 0.119 e. The van der Waals surface area contributed by atoms with Gasteiger partial charge in [0, 0.05) is 18.6 Å². The number of aryl methyl sites for hydroxylation is 1. The highest BCUT2D eigenvalue weighted by Gasteiger charge is 2.26. The minimum absolute atomic E-state index is 0.361. The number of β-amino-alcohol motifs (C(OH)–C–C–N with tert-alkyl or cyclic N) is 1. The summed E-state index contributed by atoms with van der Waals surface area (Å²) in [5.41, 5.74) is 1.18. The molecule has 1 heterocycles. The molecule has 3 nitrogen and oxygen atoms in total. The summed E-state index contributed by atoms with van der Waals surface area (Å²) in [6.45, 7) is 7.61. The fraction of sp³-hybridized carbons (Fsp3) is 0.647. The van der Waals surface area contributed by atoms with Gasteiger partial charge in [0.1, 0.15) is 18.5 Å². The standard InChI is InChI=1S/C17H27NO2/c1-13-6-4-9-17(10-13)20-12-16(19)11-18-14(2)7-5-8-15(18)3/h4,6,9-10,14-16,19H,5,7-8,11-12H2,1-3H3/t14-,15-,16-/m1/s1. The SMILES string of the molecule is Cc1cccc(OC[C@H](O)CN2[C@H](C)CCC[C@H]2C)c1. The number of hydrogen-bond donors (Lipinski definition) is 1. The molecule has 3 atom stereocenters. The lowest BCUT2D eigenvalue weighted by molar-refractivity contribution is 0.0209. The number of nitrogens with zero attached hydrogens (tertiary/aromatic N) is 1. The van der Waals surface area contributed by atoms with Crippen molar-refractivity contribution >= 4 is 0 Å². The van der Waals surface area contributed by atoms with Gasteiger partial charge in [-0.05, 0) is 51.3 Å². The summed E-state index contributed by atoms with van der Waals surface area (Å²) in [5, 5.41) is 10.2. The Morgan fingerprint density at radius 1 is 1.30 bits per heavy atom. The van der Waals surface area contributed by atoms with Crippen LogP contribution in [0, 0.1) is 6.92 Å². The van der Waals surface area contributed by atoms with Crippen molar-refractivity contribution in [1.29, 1.82) is 0 Å². The van der Waals surface area contributed by atoms with Crippen LogP contribution >= 0.6 is 0 Å². The normalized spacial score (nSPS) is 25.4. The minimum atomic E-state index is -0.432.